The van der Waals surface area contributed by atoms with Crippen LogP contribution < -0.4 is 16.0 Å². The summed E-state index contributed by atoms with van der Waals surface area (Å²) in [6.07, 6.45) is -0.713. The van der Waals surface area contributed by atoms with E-state index in [1.807, 2.05) is 31.2 Å². The number of aliphatic hydroxyl groups is 1. The Balaban J connectivity index is 0.00000420. The Labute approximate surface area is 189 Å². The highest BCUT2D eigenvalue weighted by atomic mass is 127. The molecule has 4 N–H and O–H groups in total. The number of amides is 3. The smallest absolute Gasteiger partial charge is 0.324 e. The largest absolute Gasteiger partial charge is 0.386 e. The van der Waals surface area contributed by atoms with E-state index in [9.17, 15) is 14.7 Å². The predicted molar refractivity (Wildman–Crippen MR) is 125 cm³/mol. The lowest BCUT2D eigenvalue weighted by molar-refractivity contribution is -0.124. The van der Waals surface area contributed by atoms with Crippen molar-refractivity contribution < 1.29 is 14.7 Å². The van der Waals surface area contributed by atoms with Crippen LogP contribution in [-0.4, -0.2) is 60.6 Å². The van der Waals surface area contributed by atoms with Crippen LogP contribution in [0.3, 0.4) is 0 Å². The molecule has 3 amide bonds. The fraction of sp³-hybridized carbons (Fsp3) is 0.550. The van der Waals surface area contributed by atoms with Crippen LogP contribution >= 0.6 is 24.0 Å². The first-order valence-electron chi connectivity index (χ1n) is 9.61. The second-order valence-electron chi connectivity index (χ2n) is 7.74. The van der Waals surface area contributed by atoms with Gasteiger partial charge in [-0.2, -0.15) is 0 Å². The van der Waals surface area contributed by atoms with E-state index in [1.165, 1.54) is 10.5 Å². The quantitative estimate of drug-likeness (QED) is 0.191. The maximum atomic E-state index is 11.6. The van der Waals surface area contributed by atoms with Crippen LogP contribution in [-0.2, 0) is 10.2 Å². The van der Waals surface area contributed by atoms with Gasteiger partial charge in [-0.3, -0.25) is 14.7 Å². The van der Waals surface area contributed by atoms with Gasteiger partial charge in [0, 0.05) is 19.6 Å². The van der Waals surface area contributed by atoms with Gasteiger partial charge in [0.2, 0.25) is 5.91 Å². The van der Waals surface area contributed by atoms with E-state index in [0.717, 1.165) is 5.56 Å². The average Bonchev–Trinajstić information content (AvgIpc) is 2.97. The highest BCUT2D eigenvalue weighted by molar-refractivity contribution is 14.0. The number of nitrogens with one attached hydrogen (secondary N) is 3. The third kappa shape index (κ3) is 7.46. The standard InChI is InChI=1S/C20H31N5O3.HI/c1-5-21-18(22-10-11-25-17(27)13-24-19(25)28)23-12-16(26)14-6-8-15(9-7-14)20(2,3)4;/h6-9,16,26H,5,10-13H2,1-4H3,(H,24,28)(H2,21,22,23);1H. The fourth-order valence-corrected chi connectivity index (χ4v) is 2.80. The molecule has 0 bridgehead atoms. The molecular formula is C20H32IN5O3. The molecule has 2 rings (SSSR count). The summed E-state index contributed by atoms with van der Waals surface area (Å²) in [5, 5.41) is 19.1. The Morgan fingerprint density at radius 3 is 2.41 bits per heavy atom. The number of halogens is 1. The van der Waals surface area contributed by atoms with Crippen LogP contribution in [0.1, 0.15) is 44.9 Å². The normalized spacial score (nSPS) is 15.6. The zero-order chi connectivity index (χ0) is 20.7. The number of hydrogen-bond donors (Lipinski definition) is 4. The maximum absolute atomic E-state index is 11.6. The Morgan fingerprint density at radius 1 is 1.24 bits per heavy atom. The van der Waals surface area contributed by atoms with Crippen molar-refractivity contribution in [2.45, 2.75) is 39.2 Å². The molecule has 1 aliphatic rings. The van der Waals surface area contributed by atoms with Gasteiger partial charge < -0.3 is 21.1 Å². The number of nitrogens with zero attached hydrogens (tertiary/aromatic N) is 2. The second-order valence-corrected chi connectivity index (χ2v) is 7.74. The summed E-state index contributed by atoms with van der Waals surface area (Å²) in [5.41, 5.74) is 2.09. The molecule has 0 radical (unpaired) electrons. The van der Waals surface area contributed by atoms with Gasteiger partial charge in [-0.05, 0) is 23.5 Å². The summed E-state index contributed by atoms with van der Waals surface area (Å²) in [6, 6.07) is 7.55. The van der Waals surface area contributed by atoms with E-state index in [0.29, 0.717) is 19.0 Å². The van der Waals surface area contributed by atoms with Crippen molar-refractivity contribution in [2.24, 2.45) is 4.99 Å². The summed E-state index contributed by atoms with van der Waals surface area (Å²) < 4.78 is 0. The molecule has 0 aromatic heterocycles. The van der Waals surface area contributed by atoms with Crippen molar-refractivity contribution in [2.75, 3.05) is 32.7 Å². The number of aliphatic imine (C=N–C) groups is 1. The van der Waals surface area contributed by atoms with Gasteiger partial charge in [0.25, 0.3) is 0 Å². The Morgan fingerprint density at radius 2 is 1.90 bits per heavy atom. The van der Waals surface area contributed by atoms with Crippen molar-refractivity contribution in [1.82, 2.24) is 20.9 Å². The average molecular weight is 517 g/mol. The molecule has 1 unspecified atom stereocenters. The Bertz CT molecular complexity index is 700. The minimum absolute atomic E-state index is 0. The van der Waals surface area contributed by atoms with E-state index in [2.05, 4.69) is 41.7 Å². The van der Waals surface area contributed by atoms with Gasteiger partial charge in [-0.15, -0.1) is 24.0 Å². The number of imide groups is 1. The number of carbonyl (C=O) groups is 2. The van der Waals surface area contributed by atoms with Crippen molar-refractivity contribution >= 4 is 41.9 Å². The molecule has 1 heterocycles. The lowest BCUT2D eigenvalue weighted by atomic mass is 9.86. The Kier molecular flexibility index (Phi) is 9.84. The molecular weight excluding hydrogens is 485 g/mol. The molecule has 8 nitrogen and oxygen atoms in total. The molecule has 162 valence electrons. The summed E-state index contributed by atoms with van der Waals surface area (Å²) in [6.45, 7) is 9.93. The fourth-order valence-electron chi connectivity index (χ4n) is 2.80. The number of aliphatic hydroxyl groups excluding tert-OH is 1. The lowest BCUT2D eigenvalue weighted by Gasteiger charge is -2.20. The SMILES string of the molecule is CCNC(=NCC(O)c1ccc(C(C)(C)C)cc1)NCCN1C(=O)CNC1=O.I. The van der Waals surface area contributed by atoms with Gasteiger partial charge >= 0.3 is 6.03 Å². The first kappa shape index (κ1) is 25.2. The van der Waals surface area contributed by atoms with Gasteiger partial charge in [0.05, 0.1) is 19.2 Å². The topological polar surface area (TPSA) is 106 Å². The highest BCUT2D eigenvalue weighted by Gasteiger charge is 2.27. The summed E-state index contributed by atoms with van der Waals surface area (Å²) in [5.74, 6) is 0.294. The summed E-state index contributed by atoms with van der Waals surface area (Å²) in [4.78, 5) is 28.7. The number of benzene rings is 1. The number of urea groups is 1. The number of guanidine groups is 1. The molecule has 29 heavy (non-hydrogen) atoms. The van der Waals surface area contributed by atoms with Gasteiger partial charge in [0.1, 0.15) is 0 Å². The summed E-state index contributed by atoms with van der Waals surface area (Å²) in [7, 11) is 0. The molecule has 0 spiro atoms. The summed E-state index contributed by atoms with van der Waals surface area (Å²) >= 11 is 0. The van der Waals surface area contributed by atoms with E-state index in [-0.39, 0.29) is 61.0 Å². The lowest BCUT2D eigenvalue weighted by Crippen LogP contribution is -2.43. The molecule has 1 atom stereocenters. The highest BCUT2D eigenvalue weighted by Crippen LogP contribution is 2.24. The zero-order valence-corrected chi connectivity index (χ0v) is 19.8. The molecule has 1 fully saturated rings. The van der Waals surface area contributed by atoms with Crippen LogP contribution in [0, 0.1) is 0 Å². The third-order valence-electron chi connectivity index (χ3n) is 4.49. The van der Waals surface area contributed by atoms with E-state index in [4.69, 9.17) is 0 Å². The zero-order valence-electron chi connectivity index (χ0n) is 17.5. The van der Waals surface area contributed by atoms with Gasteiger partial charge in [-0.25, -0.2) is 4.79 Å². The second kappa shape index (κ2) is 11.3. The van der Waals surface area contributed by atoms with Crippen LogP contribution in [0.15, 0.2) is 29.3 Å². The van der Waals surface area contributed by atoms with Crippen LogP contribution in [0.2, 0.25) is 0 Å². The number of carbonyl (C=O) groups excluding carboxylic acids is 2. The molecule has 1 saturated heterocycles. The molecule has 1 aromatic carbocycles. The molecule has 9 heteroatoms. The van der Waals surface area contributed by atoms with Crippen molar-refractivity contribution in [3.8, 4) is 0 Å². The first-order chi connectivity index (χ1) is 13.2. The number of rotatable bonds is 7. The first-order valence-corrected chi connectivity index (χ1v) is 9.61. The van der Waals surface area contributed by atoms with E-state index >= 15 is 0 Å². The molecule has 0 aliphatic carbocycles. The van der Waals surface area contributed by atoms with Crippen molar-refractivity contribution in [1.29, 1.82) is 0 Å². The van der Waals surface area contributed by atoms with Crippen molar-refractivity contribution in [3.63, 3.8) is 0 Å². The van der Waals surface area contributed by atoms with Crippen LogP contribution in [0.5, 0.6) is 0 Å². The monoisotopic (exact) mass is 517 g/mol. The number of hydrogen-bond acceptors (Lipinski definition) is 4. The van der Waals surface area contributed by atoms with Gasteiger partial charge in [-0.1, -0.05) is 45.0 Å². The van der Waals surface area contributed by atoms with E-state index in [1.54, 1.807) is 0 Å². The van der Waals surface area contributed by atoms with Gasteiger partial charge in [0.15, 0.2) is 5.96 Å². The molecule has 0 saturated carbocycles. The predicted octanol–water partition coefficient (Wildman–Crippen LogP) is 1.74. The minimum atomic E-state index is -0.713. The molecule has 1 aliphatic heterocycles. The van der Waals surface area contributed by atoms with E-state index < -0.39 is 6.10 Å². The Hall–Kier alpha value is -1.88. The third-order valence-corrected chi connectivity index (χ3v) is 4.49. The van der Waals surface area contributed by atoms with Crippen molar-refractivity contribution in [3.05, 3.63) is 35.4 Å². The minimum Gasteiger partial charge on any atom is -0.386 e. The van der Waals surface area contributed by atoms with Crippen LogP contribution in [0.25, 0.3) is 0 Å². The molecule has 1 aromatic rings. The van der Waals surface area contributed by atoms with Crippen LogP contribution in [0.4, 0.5) is 4.79 Å². The maximum Gasteiger partial charge on any atom is 0.324 e.